The summed E-state index contributed by atoms with van der Waals surface area (Å²) < 4.78 is 0. The highest BCUT2D eigenvalue weighted by Crippen LogP contribution is 2.11. The number of hydrogen-bond donors (Lipinski definition) is 1. The number of hydrogen-bond acceptors (Lipinski definition) is 1. The lowest BCUT2D eigenvalue weighted by Crippen LogP contribution is -2.07. The molecule has 0 aliphatic rings. The maximum absolute atomic E-state index is 11.4. The fourth-order valence-corrected chi connectivity index (χ4v) is 1.32. The number of nitrogens with one attached hydrogen (secondary N) is 1. The Balaban J connectivity index is 2.70. The standard InChI is InChI=1S/C14H17NO/c1-3-5-10-14(16)15-13-9-6-8-12(11-13)7-4-2/h4-11H,3H2,1-2H3,(H,15,16)/b7-4+,10-5+. The van der Waals surface area contributed by atoms with Crippen LogP contribution in [0.4, 0.5) is 5.69 Å². The molecular weight excluding hydrogens is 198 g/mol. The third-order valence-electron chi connectivity index (χ3n) is 2.02. The van der Waals surface area contributed by atoms with Gasteiger partial charge < -0.3 is 5.32 Å². The monoisotopic (exact) mass is 215 g/mol. The van der Waals surface area contributed by atoms with Crippen LogP contribution in [-0.4, -0.2) is 5.91 Å². The van der Waals surface area contributed by atoms with Gasteiger partial charge in [-0.05, 0) is 37.1 Å². The third kappa shape index (κ3) is 4.13. The highest BCUT2D eigenvalue weighted by atomic mass is 16.1. The van der Waals surface area contributed by atoms with E-state index in [1.165, 1.54) is 0 Å². The first-order valence-corrected chi connectivity index (χ1v) is 5.46. The van der Waals surface area contributed by atoms with Gasteiger partial charge in [-0.1, -0.05) is 37.3 Å². The van der Waals surface area contributed by atoms with E-state index >= 15 is 0 Å². The third-order valence-corrected chi connectivity index (χ3v) is 2.02. The van der Waals surface area contributed by atoms with Crippen molar-refractivity contribution < 1.29 is 4.79 Å². The van der Waals surface area contributed by atoms with Gasteiger partial charge in [-0.15, -0.1) is 0 Å². The molecule has 2 nitrogen and oxygen atoms in total. The topological polar surface area (TPSA) is 29.1 Å². The number of benzene rings is 1. The SMILES string of the molecule is C/C=C/c1cccc(NC(=O)/C=C/CC)c1. The Morgan fingerprint density at radius 3 is 2.94 bits per heavy atom. The van der Waals surface area contributed by atoms with E-state index in [0.29, 0.717) is 0 Å². The lowest BCUT2D eigenvalue weighted by Gasteiger charge is -2.02. The van der Waals surface area contributed by atoms with E-state index in [2.05, 4.69) is 5.32 Å². The van der Waals surface area contributed by atoms with E-state index in [0.717, 1.165) is 17.7 Å². The summed E-state index contributed by atoms with van der Waals surface area (Å²) in [7, 11) is 0. The molecule has 1 N–H and O–H groups in total. The highest BCUT2D eigenvalue weighted by Gasteiger charge is 1.97. The molecule has 2 heteroatoms. The van der Waals surface area contributed by atoms with Gasteiger partial charge in [0.25, 0.3) is 0 Å². The van der Waals surface area contributed by atoms with Gasteiger partial charge in [0.15, 0.2) is 0 Å². The lowest BCUT2D eigenvalue weighted by atomic mass is 10.2. The van der Waals surface area contributed by atoms with Crippen LogP contribution in [0.2, 0.25) is 0 Å². The van der Waals surface area contributed by atoms with Crippen LogP contribution in [0.25, 0.3) is 6.08 Å². The van der Waals surface area contributed by atoms with Gasteiger partial charge in [0.2, 0.25) is 5.91 Å². The van der Waals surface area contributed by atoms with Crippen molar-refractivity contribution in [2.75, 3.05) is 5.32 Å². The van der Waals surface area contributed by atoms with Crippen molar-refractivity contribution in [3.8, 4) is 0 Å². The zero-order valence-corrected chi connectivity index (χ0v) is 9.73. The van der Waals surface area contributed by atoms with Crippen LogP contribution in [-0.2, 0) is 4.79 Å². The van der Waals surface area contributed by atoms with E-state index in [-0.39, 0.29) is 5.91 Å². The Hall–Kier alpha value is -1.83. The fraction of sp³-hybridized carbons (Fsp3) is 0.214. The number of rotatable bonds is 4. The predicted octanol–water partition coefficient (Wildman–Crippen LogP) is 3.62. The minimum absolute atomic E-state index is 0.0838. The number of amides is 1. The average molecular weight is 215 g/mol. The van der Waals surface area contributed by atoms with Crippen molar-refractivity contribution >= 4 is 17.7 Å². The van der Waals surface area contributed by atoms with Crippen LogP contribution in [0.3, 0.4) is 0 Å². The summed E-state index contributed by atoms with van der Waals surface area (Å²) in [5.41, 5.74) is 1.90. The molecule has 84 valence electrons. The van der Waals surface area contributed by atoms with Crippen molar-refractivity contribution in [1.29, 1.82) is 0 Å². The summed E-state index contributed by atoms with van der Waals surface area (Å²) in [5, 5.41) is 2.82. The highest BCUT2D eigenvalue weighted by molar-refractivity contribution is 5.99. The van der Waals surface area contributed by atoms with Crippen molar-refractivity contribution in [3.63, 3.8) is 0 Å². The first-order valence-electron chi connectivity index (χ1n) is 5.46. The zero-order valence-electron chi connectivity index (χ0n) is 9.73. The van der Waals surface area contributed by atoms with Gasteiger partial charge in [0.05, 0.1) is 0 Å². The van der Waals surface area contributed by atoms with E-state index in [1.807, 2.05) is 56.3 Å². The molecule has 0 aliphatic heterocycles. The molecule has 0 spiro atoms. The minimum atomic E-state index is -0.0838. The fourth-order valence-electron chi connectivity index (χ4n) is 1.32. The van der Waals surface area contributed by atoms with Crippen molar-refractivity contribution in [1.82, 2.24) is 0 Å². The molecule has 0 aliphatic carbocycles. The van der Waals surface area contributed by atoms with Crippen LogP contribution >= 0.6 is 0 Å². The Labute approximate surface area is 96.7 Å². The summed E-state index contributed by atoms with van der Waals surface area (Å²) in [6.07, 6.45) is 8.23. The van der Waals surface area contributed by atoms with Gasteiger partial charge in [0.1, 0.15) is 0 Å². The van der Waals surface area contributed by atoms with Crippen LogP contribution in [0, 0.1) is 0 Å². The molecule has 1 aromatic carbocycles. The summed E-state index contributed by atoms with van der Waals surface area (Å²) in [5.74, 6) is -0.0838. The molecule has 0 heterocycles. The second-order valence-electron chi connectivity index (χ2n) is 3.43. The minimum Gasteiger partial charge on any atom is -0.323 e. The van der Waals surface area contributed by atoms with Gasteiger partial charge >= 0.3 is 0 Å². The van der Waals surface area contributed by atoms with Crippen molar-refractivity contribution in [2.45, 2.75) is 20.3 Å². The van der Waals surface area contributed by atoms with E-state index < -0.39 is 0 Å². The van der Waals surface area contributed by atoms with Crippen LogP contribution < -0.4 is 5.32 Å². The molecule has 0 radical (unpaired) electrons. The summed E-state index contributed by atoms with van der Waals surface area (Å²) in [6, 6.07) is 7.74. The Kier molecular flexibility index (Phi) is 5.06. The largest absolute Gasteiger partial charge is 0.323 e. The summed E-state index contributed by atoms with van der Waals surface area (Å²) in [4.78, 5) is 11.4. The lowest BCUT2D eigenvalue weighted by molar-refractivity contribution is -0.111. The molecule has 0 unspecified atom stereocenters. The Morgan fingerprint density at radius 1 is 1.44 bits per heavy atom. The number of carbonyl (C=O) groups is 1. The molecule has 16 heavy (non-hydrogen) atoms. The van der Waals surface area contributed by atoms with Gasteiger partial charge in [-0.3, -0.25) is 4.79 Å². The summed E-state index contributed by atoms with van der Waals surface area (Å²) >= 11 is 0. The predicted molar refractivity (Wildman–Crippen MR) is 69.2 cm³/mol. The smallest absolute Gasteiger partial charge is 0.248 e. The first-order chi connectivity index (χ1) is 7.76. The van der Waals surface area contributed by atoms with E-state index in [9.17, 15) is 4.79 Å². The quantitative estimate of drug-likeness (QED) is 0.763. The van der Waals surface area contributed by atoms with Gasteiger partial charge in [-0.2, -0.15) is 0 Å². The van der Waals surface area contributed by atoms with Crippen molar-refractivity contribution in [2.24, 2.45) is 0 Å². The normalized spacial score (nSPS) is 11.1. The van der Waals surface area contributed by atoms with Gasteiger partial charge in [0, 0.05) is 5.69 Å². The molecule has 1 rings (SSSR count). The summed E-state index contributed by atoms with van der Waals surface area (Å²) in [6.45, 7) is 3.96. The van der Waals surface area contributed by atoms with E-state index in [1.54, 1.807) is 6.08 Å². The van der Waals surface area contributed by atoms with Crippen molar-refractivity contribution in [3.05, 3.63) is 48.1 Å². The van der Waals surface area contributed by atoms with Crippen LogP contribution in [0.15, 0.2) is 42.5 Å². The first kappa shape index (κ1) is 12.2. The molecule has 1 amide bonds. The molecule has 0 saturated heterocycles. The number of carbonyl (C=O) groups excluding carboxylic acids is 1. The maximum Gasteiger partial charge on any atom is 0.248 e. The average Bonchev–Trinajstić information content (AvgIpc) is 2.27. The molecule has 1 aromatic rings. The van der Waals surface area contributed by atoms with Gasteiger partial charge in [-0.25, -0.2) is 0 Å². The number of anilines is 1. The molecule has 0 fully saturated rings. The zero-order chi connectivity index (χ0) is 11.8. The van der Waals surface area contributed by atoms with Crippen LogP contribution in [0.5, 0.6) is 0 Å². The van der Waals surface area contributed by atoms with E-state index in [4.69, 9.17) is 0 Å². The van der Waals surface area contributed by atoms with Crippen LogP contribution in [0.1, 0.15) is 25.8 Å². The number of allylic oxidation sites excluding steroid dienone is 2. The molecule has 0 aromatic heterocycles. The Morgan fingerprint density at radius 2 is 2.25 bits per heavy atom. The maximum atomic E-state index is 11.4. The molecule has 0 bridgehead atoms. The second kappa shape index (κ2) is 6.62. The molecule has 0 saturated carbocycles. The second-order valence-corrected chi connectivity index (χ2v) is 3.43. The molecule has 0 atom stereocenters. The Bertz CT molecular complexity index is 405. The molecular formula is C14H17NO.